The third-order valence-electron chi connectivity index (χ3n) is 5.84. The molecule has 0 saturated carbocycles. The number of nitrogens with one attached hydrogen (secondary N) is 3. The lowest BCUT2D eigenvalue weighted by atomic mass is 9.98. The summed E-state index contributed by atoms with van der Waals surface area (Å²) < 4.78 is 14.9. The van der Waals surface area contributed by atoms with Crippen LogP contribution in [0.2, 0.25) is 0 Å². The Balaban J connectivity index is 1.50. The van der Waals surface area contributed by atoms with Crippen LogP contribution < -0.4 is 16.2 Å². The third-order valence-corrected chi connectivity index (χ3v) is 5.84. The van der Waals surface area contributed by atoms with Crippen molar-refractivity contribution in [3.63, 3.8) is 0 Å². The highest BCUT2D eigenvalue weighted by Crippen LogP contribution is 2.29. The van der Waals surface area contributed by atoms with Gasteiger partial charge in [0.1, 0.15) is 5.82 Å². The van der Waals surface area contributed by atoms with Gasteiger partial charge in [0, 0.05) is 11.6 Å². The number of halogens is 1. The molecule has 0 unspecified atom stereocenters. The van der Waals surface area contributed by atoms with Gasteiger partial charge in [0.25, 0.3) is 5.56 Å². The summed E-state index contributed by atoms with van der Waals surface area (Å²) in [5.74, 6) is -0.514. The quantitative estimate of drug-likeness (QED) is 0.328. The molecule has 2 aromatic heterocycles. The SMILES string of the molecule is O=CNC(=O)N[C@@H](Cn1[nH]c2ccc(F)cc2c1=O)c1ccc(-c2cccc3ncccc23)cc1. The maximum atomic E-state index is 13.6. The zero-order chi connectivity index (χ0) is 24.4. The number of benzene rings is 3. The minimum Gasteiger partial charge on any atom is -0.329 e. The van der Waals surface area contributed by atoms with Gasteiger partial charge in [-0.3, -0.25) is 25.0 Å². The predicted octanol–water partition coefficient (Wildman–Crippen LogP) is 3.88. The highest BCUT2D eigenvalue weighted by molar-refractivity contribution is 5.94. The number of fused-ring (bicyclic) bond motifs is 2. The van der Waals surface area contributed by atoms with E-state index in [0.717, 1.165) is 22.0 Å². The summed E-state index contributed by atoms with van der Waals surface area (Å²) in [4.78, 5) is 40.1. The van der Waals surface area contributed by atoms with Gasteiger partial charge in [-0.05, 0) is 47.0 Å². The largest absolute Gasteiger partial charge is 0.329 e. The summed E-state index contributed by atoms with van der Waals surface area (Å²) >= 11 is 0. The first-order chi connectivity index (χ1) is 17.0. The van der Waals surface area contributed by atoms with E-state index in [1.54, 1.807) is 6.20 Å². The Morgan fingerprint density at radius 2 is 1.89 bits per heavy atom. The fraction of sp³-hybridized carbons (Fsp3) is 0.0769. The van der Waals surface area contributed by atoms with Crippen molar-refractivity contribution in [3.8, 4) is 11.1 Å². The lowest BCUT2D eigenvalue weighted by Crippen LogP contribution is -2.39. The lowest BCUT2D eigenvalue weighted by molar-refractivity contribution is -0.108. The molecular weight excluding hydrogens is 449 g/mol. The van der Waals surface area contributed by atoms with Gasteiger partial charge < -0.3 is 5.32 Å². The Labute approximate surface area is 198 Å². The van der Waals surface area contributed by atoms with Crippen molar-refractivity contribution in [1.82, 2.24) is 25.4 Å². The van der Waals surface area contributed by atoms with Gasteiger partial charge in [0.15, 0.2) is 0 Å². The van der Waals surface area contributed by atoms with Crippen molar-refractivity contribution in [2.75, 3.05) is 0 Å². The predicted molar refractivity (Wildman–Crippen MR) is 130 cm³/mol. The molecule has 9 heteroatoms. The minimum absolute atomic E-state index is 0.0406. The molecule has 0 aliphatic rings. The first-order valence-corrected chi connectivity index (χ1v) is 10.9. The van der Waals surface area contributed by atoms with E-state index in [-0.39, 0.29) is 18.3 Å². The van der Waals surface area contributed by atoms with E-state index in [2.05, 4.69) is 20.7 Å². The highest BCUT2D eigenvalue weighted by Gasteiger charge is 2.18. The van der Waals surface area contributed by atoms with Gasteiger partial charge in [0.05, 0.1) is 29.0 Å². The molecule has 8 nitrogen and oxygen atoms in total. The van der Waals surface area contributed by atoms with Crippen LogP contribution in [0.25, 0.3) is 32.9 Å². The second kappa shape index (κ2) is 9.22. The second-order valence-electron chi connectivity index (χ2n) is 8.00. The van der Waals surface area contributed by atoms with Crippen LogP contribution >= 0.6 is 0 Å². The molecule has 35 heavy (non-hydrogen) atoms. The Hall–Kier alpha value is -4.79. The summed E-state index contributed by atoms with van der Waals surface area (Å²) in [6.45, 7) is 0.0406. The number of pyridine rings is 1. The van der Waals surface area contributed by atoms with Crippen LogP contribution in [-0.4, -0.2) is 27.2 Å². The van der Waals surface area contributed by atoms with Crippen molar-refractivity contribution < 1.29 is 14.0 Å². The van der Waals surface area contributed by atoms with Crippen molar-refractivity contribution in [2.24, 2.45) is 0 Å². The van der Waals surface area contributed by atoms with Gasteiger partial charge in [-0.1, -0.05) is 42.5 Å². The maximum Gasteiger partial charge on any atom is 0.321 e. The Morgan fingerprint density at radius 1 is 1.06 bits per heavy atom. The number of urea groups is 1. The fourth-order valence-electron chi connectivity index (χ4n) is 4.18. The van der Waals surface area contributed by atoms with Gasteiger partial charge in [0.2, 0.25) is 6.41 Å². The van der Waals surface area contributed by atoms with Crippen molar-refractivity contribution in [2.45, 2.75) is 12.6 Å². The van der Waals surface area contributed by atoms with Gasteiger partial charge in [-0.2, -0.15) is 0 Å². The second-order valence-corrected chi connectivity index (χ2v) is 8.00. The first-order valence-electron chi connectivity index (χ1n) is 10.9. The van der Waals surface area contributed by atoms with Gasteiger partial charge in [-0.15, -0.1) is 0 Å². The summed E-state index contributed by atoms with van der Waals surface area (Å²) in [5, 5.41) is 8.93. The summed E-state index contributed by atoms with van der Waals surface area (Å²) in [6.07, 6.45) is 2.03. The molecule has 2 heterocycles. The number of carbonyl (C=O) groups is 2. The van der Waals surface area contributed by atoms with E-state index in [9.17, 15) is 18.8 Å². The van der Waals surface area contributed by atoms with E-state index in [0.29, 0.717) is 11.1 Å². The number of nitrogens with zero attached hydrogens (tertiary/aromatic N) is 2. The molecule has 1 atom stereocenters. The van der Waals surface area contributed by atoms with E-state index >= 15 is 0 Å². The lowest BCUT2D eigenvalue weighted by Gasteiger charge is -2.19. The summed E-state index contributed by atoms with van der Waals surface area (Å²) in [5.41, 5.74) is 3.63. The summed E-state index contributed by atoms with van der Waals surface area (Å²) in [6, 6.07) is 19.9. The van der Waals surface area contributed by atoms with E-state index in [4.69, 9.17) is 0 Å². The van der Waals surface area contributed by atoms with E-state index in [1.807, 2.05) is 54.6 Å². The molecule has 5 rings (SSSR count). The fourth-order valence-corrected chi connectivity index (χ4v) is 4.18. The number of aromatic nitrogens is 3. The normalized spacial score (nSPS) is 11.9. The Morgan fingerprint density at radius 3 is 2.69 bits per heavy atom. The van der Waals surface area contributed by atoms with Crippen LogP contribution in [0.15, 0.2) is 83.8 Å². The van der Waals surface area contributed by atoms with Crippen molar-refractivity contribution in [1.29, 1.82) is 0 Å². The van der Waals surface area contributed by atoms with Crippen LogP contribution in [0.5, 0.6) is 0 Å². The molecule has 0 aliphatic carbocycles. The molecular formula is C26H20FN5O3. The number of hydrogen-bond donors (Lipinski definition) is 3. The molecule has 3 N–H and O–H groups in total. The van der Waals surface area contributed by atoms with Crippen molar-refractivity contribution >= 4 is 34.2 Å². The van der Waals surface area contributed by atoms with Crippen LogP contribution in [0.4, 0.5) is 9.18 Å². The maximum absolute atomic E-state index is 13.6. The van der Waals surface area contributed by atoms with Crippen molar-refractivity contribution in [3.05, 3.63) is 101 Å². The number of amides is 3. The van der Waals surface area contributed by atoms with Crippen LogP contribution in [-0.2, 0) is 11.3 Å². The molecule has 0 aliphatic heterocycles. The molecule has 0 fully saturated rings. The number of carbonyl (C=O) groups excluding carboxylic acids is 2. The number of rotatable bonds is 6. The molecule has 174 valence electrons. The number of H-pyrrole nitrogens is 1. The molecule has 0 spiro atoms. The Bertz CT molecular complexity index is 1600. The highest BCUT2D eigenvalue weighted by atomic mass is 19.1. The number of aromatic amines is 1. The van der Waals surface area contributed by atoms with Crippen LogP contribution in [0.3, 0.4) is 0 Å². The molecule has 3 aromatic carbocycles. The molecule has 0 saturated heterocycles. The number of hydrogen-bond acceptors (Lipinski definition) is 4. The molecule has 3 amide bonds. The van der Waals surface area contributed by atoms with Gasteiger partial charge in [-0.25, -0.2) is 13.9 Å². The monoisotopic (exact) mass is 469 g/mol. The smallest absolute Gasteiger partial charge is 0.321 e. The minimum atomic E-state index is -0.704. The zero-order valence-corrected chi connectivity index (χ0v) is 18.4. The average Bonchev–Trinajstić information content (AvgIpc) is 3.18. The first kappa shape index (κ1) is 22.0. The standard InChI is InChI=1S/C26H20FN5O3/c27-18-10-11-23-21(13-18)25(34)32(31-23)14-24(30-26(35)29-15-33)17-8-6-16(7-9-17)19-3-1-5-22-20(19)4-2-12-28-22/h1-13,15,24,31H,14H2,(H2,29,30,33,35)/t24-/m0/s1. The van der Waals surface area contributed by atoms with Crippen LogP contribution in [0.1, 0.15) is 11.6 Å². The summed E-state index contributed by atoms with van der Waals surface area (Å²) in [7, 11) is 0. The third kappa shape index (κ3) is 4.39. The Kier molecular flexibility index (Phi) is 5.80. The molecule has 0 radical (unpaired) electrons. The molecule has 0 bridgehead atoms. The average molecular weight is 469 g/mol. The molecule has 5 aromatic rings. The van der Waals surface area contributed by atoms with Gasteiger partial charge >= 0.3 is 6.03 Å². The van der Waals surface area contributed by atoms with Crippen LogP contribution in [0, 0.1) is 5.82 Å². The topological polar surface area (TPSA) is 109 Å². The van der Waals surface area contributed by atoms with E-state index < -0.39 is 23.4 Å². The number of imide groups is 1. The zero-order valence-electron chi connectivity index (χ0n) is 18.4. The van der Waals surface area contributed by atoms with E-state index in [1.165, 1.54) is 22.9 Å².